The lowest BCUT2D eigenvalue weighted by Crippen LogP contribution is -2.21. The third-order valence-electron chi connectivity index (χ3n) is 2.53. The summed E-state index contributed by atoms with van der Waals surface area (Å²) in [5.41, 5.74) is 1.39. The Labute approximate surface area is 84.8 Å². The van der Waals surface area contributed by atoms with Crippen molar-refractivity contribution < 1.29 is 0 Å². The van der Waals surface area contributed by atoms with Crippen molar-refractivity contribution in [1.82, 2.24) is 14.9 Å². The van der Waals surface area contributed by atoms with E-state index in [0.717, 1.165) is 38.3 Å². The summed E-state index contributed by atoms with van der Waals surface area (Å²) in [4.78, 5) is 4.43. The van der Waals surface area contributed by atoms with E-state index >= 15 is 0 Å². The average Bonchev–Trinajstić information content (AvgIpc) is 2.68. The topological polar surface area (TPSA) is 29.9 Å². The molecular formula is C11H17N3. The van der Waals surface area contributed by atoms with E-state index in [1.54, 1.807) is 0 Å². The van der Waals surface area contributed by atoms with Gasteiger partial charge in [-0.2, -0.15) is 0 Å². The maximum atomic E-state index is 4.43. The Morgan fingerprint density at radius 2 is 2.50 bits per heavy atom. The van der Waals surface area contributed by atoms with Gasteiger partial charge in [-0.05, 0) is 25.0 Å². The van der Waals surface area contributed by atoms with E-state index in [1.165, 1.54) is 5.57 Å². The molecule has 0 unspecified atom stereocenters. The van der Waals surface area contributed by atoms with Crippen LogP contribution in [0.25, 0.3) is 5.57 Å². The largest absolute Gasteiger partial charge is 0.331 e. The van der Waals surface area contributed by atoms with Crippen molar-refractivity contribution in [1.29, 1.82) is 0 Å². The lowest BCUT2D eigenvalue weighted by atomic mass is 10.1. The minimum atomic E-state index is 0.980. The van der Waals surface area contributed by atoms with Crippen molar-refractivity contribution in [3.63, 3.8) is 0 Å². The molecule has 0 saturated carbocycles. The van der Waals surface area contributed by atoms with Gasteiger partial charge in [0, 0.05) is 25.5 Å². The van der Waals surface area contributed by atoms with Crippen LogP contribution in [-0.2, 0) is 6.54 Å². The number of hydrogen-bond acceptors (Lipinski definition) is 2. The first kappa shape index (κ1) is 9.46. The summed E-state index contributed by atoms with van der Waals surface area (Å²) in [6.45, 7) is 5.32. The molecule has 0 spiro atoms. The van der Waals surface area contributed by atoms with Crippen LogP contribution < -0.4 is 5.32 Å². The zero-order valence-electron chi connectivity index (χ0n) is 8.66. The van der Waals surface area contributed by atoms with Gasteiger partial charge in [-0.3, -0.25) is 0 Å². The van der Waals surface area contributed by atoms with Gasteiger partial charge in [0.2, 0.25) is 0 Å². The van der Waals surface area contributed by atoms with E-state index in [9.17, 15) is 0 Å². The maximum Gasteiger partial charge on any atom is 0.135 e. The maximum absolute atomic E-state index is 4.43. The van der Waals surface area contributed by atoms with Gasteiger partial charge in [0.25, 0.3) is 0 Å². The summed E-state index contributed by atoms with van der Waals surface area (Å²) < 4.78 is 2.25. The first-order valence-corrected chi connectivity index (χ1v) is 5.33. The molecule has 2 rings (SSSR count). The SMILES string of the molecule is CCCn1ccnc1C1=CCNCC1. The predicted molar refractivity (Wildman–Crippen MR) is 58.0 cm³/mol. The highest BCUT2D eigenvalue weighted by Crippen LogP contribution is 2.17. The molecule has 3 heteroatoms. The number of nitrogens with zero attached hydrogens (tertiary/aromatic N) is 2. The van der Waals surface area contributed by atoms with Crippen molar-refractivity contribution >= 4 is 5.57 Å². The highest BCUT2D eigenvalue weighted by Gasteiger charge is 2.10. The number of rotatable bonds is 3. The summed E-state index contributed by atoms with van der Waals surface area (Å²) in [6, 6.07) is 0. The minimum absolute atomic E-state index is 0.980. The van der Waals surface area contributed by atoms with Crippen LogP contribution in [0.1, 0.15) is 25.6 Å². The summed E-state index contributed by atoms with van der Waals surface area (Å²) in [6.07, 6.45) is 8.48. The molecule has 2 heterocycles. The molecule has 1 aliphatic heterocycles. The summed E-state index contributed by atoms with van der Waals surface area (Å²) in [5.74, 6) is 1.16. The molecule has 0 radical (unpaired) electrons. The molecule has 0 bridgehead atoms. The fourth-order valence-corrected chi connectivity index (χ4v) is 1.84. The van der Waals surface area contributed by atoms with Crippen LogP contribution in [-0.4, -0.2) is 22.6 Å². The monoisotopic (exact) mass is 191 g/mol. The van der Waals surface area contributed by atoms with E-state index in [-0.39, 0.29) is 0 Å². The Hall–Kier alpha value is -1.09. The molecule has 1 aromatic heterocycles. The standard InChI is InChI=1S/C11H17N3/c1-2-8-14-9-7-13-11(14)10-3-5-12-6-4-10/h3,7,9,12H,2,4-6,8H2,1H3. The molecule has 1 aliphatic rings. The van der Waals surface area contributed by atoms with E-state index < -0.39 is 0 Å². The number of imidazole rings is 1. The number of aromatic nitrogens is 2. The molecule has 0 aromatic carbocycles. The molecule has 0 aliphatic carbocycles. The lowest BCUT2D eigenvalue weighted by molar-refractivity contribution is 0.659. The van der Waals surface area contributed by atoms with Gasteiger partial charge < -0.3 is 9.88 Å². The molecule has 0 atom stereocenters. The lowest BCUT2D eigenvalue weighted by Gasteiger charge is -2.14. The van der Waals surface area contributed by atoms with Crippen molar-refractivity contribution in [3.05, 3.63) is 24.3 Å². The highest BCUT2D eigenvalue weighted by molar-refractivity contribution is 5.61. The first-order chi connectivity index (χ1) is 6.92. The molecular weight excluding hydrogens is 174 g/mol. The fraction of sp³-hybridized carbons (Fsp3) is 0.545. The van der Waals surface area contributed by atoms with Crippen LogP contribution >= 0.6 is 0 Å². The number of nitrogens with one attached hydrogen (secondary N) is 1. The van der Waals surface area contributed by atoms with Crippen LogP contribution in [0.5, 0.6) is 0 Å². The highest BCUT2D eigenvalue weighted by atomic mass is 15.1. The zero-order valence-corrected chi connectivity index (χ0v) is 8.66. The van der Waals surface area contributed by atoms with Crippen LogP contribution in [0, 0.1) is 0 Å². The zero-order chi connectivity index (χ0) is 9.80. The molecule has 1 N–H and O–H groups in total. The summed E-state index contributed by atoms with van der Waals surface area (Å²) >= 11 is 0. The van der Waals surface area contributed by atoms with Gasteiger partial charge in [0.1, 0.15) is 5.82 Å². The van der Waals surface area contributed by atoms with Gasteiger partial charge in [0.15, 0.2) is 0 Å². The van der Waals surface area contributed by atoms with Crippen molar-refractivity contribution in [2.45, 2.75) is 26.3 Å². The van der Waals surface area contributed by atoms with Gasteiger partial charge in [-0.1, -0.05) is 13.0 Å². The van der Waals surface area contributed by atoms with Crippen LogP contribution in [0.4, 0.5) is 0 Å². The Kier molecular flexibility index (Phi) is 2.99. The first-order valence-electron chi connectivity index (χ1n) is 5.33. The van der Waals surface area contributed by atoms with Crippen molar-refractivity contribution in [2.75, 3.05) is 13.1 Å². The Morgan fingerprint density at radius 1 is 1.57 bits per heavy atom. The fourth-order valence-electron chi connectivity index (χ4n) is 1.84. The second kappa shape index (κ2) is 4.42. The third kappa shape index (κ3) is 1.87. The molecule has 14 heavy (non-hydrogen) atoms. The molecule has 1 aromatic rings. The van der Waals surface area contributed by atoms with E-state index in [0.29, 0.717) is 0 Å². The molecule has 0 amide bonds. The molecule has 76 valence electrons. The Morgan fingerprint density at radius 3 is 3.21 bits per heavy atom. The van der Waals surface area contributed by atoms with Crippen LogP contribution in [0.2, 0.25) is 0 Å². The van der Waals surface area contributed by atoms with Crippen molar-refractivity contribution in [3.8, 4) is 0 Å². The average molecular weight is 191 g/mol. The normalized spacial score (nSPS) is 16.8. The summed E-state index contributed by atoms with van der Waals surface area (Å²) in [5, 5.41) is 3.31. The summed E-state index contributed by atoms with van der Waals surface area (Å²) in [7, 11) is 0. The van der Waals surface area contributed by atoms with Crippen molar-refractivity contribution in [2.24, 2.45) is 0 Å². The minimum Gasteiger partial charge on any atom is -0.331 e. The quantitative estimate of drug-likeness (QED) is 0.787. The van der Waals surface area contributed by atoms with Crippen LogP contribution in [0.15, 0.2) is 18.5 Å². The smallest absolute Gasteiger partial charge is 0.135 e. The molecule has 0 saturated heterocycles. The third-order valence-corrected chi connectivity index (χ3v) is 2.53. The Balaban J connectivity index is 2.21. The Bertz CT molecular complexity index is 325. The van der Waals surface area contributed by atoms with E-state index in [2.05, 4.69) is 34.1 Å². The van der Waals surface area contributed by atoms with Gasteiger partial charge in [0.05, 0.1) is 0 Å². The van der Waals surface area contributed by atoms with Gasteiger partial charge in [-0.15, -0.1) is 0 Å². The predicted octanol–water partition coefficient (Wildman–Crippen LogP) is 1.67. The second-order valence-corrected chi connectivity index (χ2v) is 3.63. The van der Waals surface area contributed by atoms with Gasteiger partial charge >= 0.3 is 0 Å². The molecule has 3 nitrogen and oxygen atoms in total. The number of aryl methyl sites for hydroxylation is 1. The van der Waals surface area contributed by atoms with E-state index in [4.69, 9.17) is 0 Å². The van der Waals surface area contributed by atoms with Gasteiger partial charge in [-0.25, -0.2) is 4.98 Å². The number of hydrogen-bond donors (Lipinski definition) is 1. The van der Waals surface area contributed by atoms with E-state index in [1.807, 2.05) is 6.20 Å². The molecule has 0 fully saturated rings. The van der Waals surface area contributed by atoms with Crippen LogP contribution in [0.3, 0.4) is 0 Å². The second-order valence-electron chi connectivity index (χ2n) is 3.63.